The minimum Gasteiger partial charge on any atom is -0.368 e. The fourth-order valence-electron chi connectivity index (χ4n) is 1.88. The van der Waals surface area contributed by atoms with Gasteiger partial charge >= 0.3 is 6.18 Å². The number of carbonyl (C=O) groups is 2. The number of halogens is 3. The number of hydrogen-bond acceptors (Lipinski definition) is 2. The van der Waals surface area contributed by atoms with Gasteiger partial charge in [0.05, 0.1) is 12.1 Å². The Balaban J connectivity index is 2.78. The maximum absolute atomic E-state index is 12.6. The number of primary amides is 1. The molecule has 0 radical (unpaired) electrons. The minimum absolute atomic E-state index is 0.00505. The van der Waals surface area contributed by atoms with Crippen molar-refractivity contribution in [2.24, 2.45) is 5.73 Å². The van der Waals surface area contributed by atoms with Crippen molar-refractivity contribution in [2.75, 3.05) is 13.6 Å². The molecule has 4 nitrogen and oxygen atoms in total. The van der Waals surface area contributed by atoms with Crippen LogP contribution in [0.1, 0.15) is 30.4 Å². The van der Waals surface area contributed by atoms with Gasteiger partial charge in [-0.1, -0.05) is 25.1 Å². The number of nitrogens with zero attached hydrogens (tertiary/aromatic N) is 1. The Labute approximate surface area is 120 Å². The van der Waals surface area contributed by atoms with E-state index in [0.717, 1.165) is 17.0 Å². The van der Waals surface area contributed by atoms with Crippen molar-refractivity contribution >= 4 is 11.8 Å². The van der Waals surface area contributed by atoms with Gasteiger partial charge in [-0.15, -0.1) is 0 Å². The Kier molecular flexibility index (Phi) is 5.34. The zero-order valence-electron chi connectivity index (χ0n) is 11.8. The monoisotopic (exact) mass is 302 g/mol. The van der Waals surface area contributed by atoms with Crippen LogP contribution in [-0.2, 0) is 15.8 Å². The molecule has 0 saturated heterocycles. The molecule has 7 heteroatoms. The van der Waals surface area contributed by atoms with E-state index in [1.54, 1.807) is 13.0 Å². The highest BCUT2D eigenvalue weighted by Crippen LogP contribution is 2.31. The molecule has 2 amide bonds. The number of likely N-dealkylation sites (N-methyl/N-ethyl adjacent to an activating group) is 1. The van der Waals surface area contributed by atoms with Gasteiger partial charge in [0.25, 0.3) is 0 Å². The van der Waals surface area contributed by atoms with Crippen LogP contribution in [0.15, 0.2) is 24.3 Å². The Morgan fingerprint density at radius 1 is 1.33 bits per heavy atom. The molecule has 0 aliphatic heterocycles. The molecule has 0 fully saturated rings. The quantitative estimate of drug-likeness (QED) is 0.905. The number of alkyl halides is 3. The molecule has 0 bridgehead atoms. The lowest BCUT2D eigenvalue weighted by atomic mass is 9.95. The van der Waals surface area contributed by atoms with Crippen LogP contribution in [-0.4, -0.2) is 30.3 Å². The molecule has 0 heterocycles. The van der Waals surface area contributed by atoms with E-state index >= 15 is 0 Å². The number of rotatable bonds is 5. The van der Waals surface area contributed by atoms with E-state index in [4.69, 9.17) is 5.73 Å². The molecule has 1 atom stereocenters. The molecular weight excluding hydrogens is 285 g/mol. The van der Waals surface area contributed by atoms with E-state index in [9.17, 15) is 22.8 Å². The second-order valence-electron chi connectivity index (χ2n) is 4.94. The Bertz CT molecular complexity index is 529. The molecule has 0 aliphatic rings. The molecule has 1 rings (SSSR count). The molecule has 0 spiro atoms. The van der Waals surface area contributed by atoms with Crippen LogP contribution in [0.2, 0.25) is 0 Å². The first kappa shape index (κ1) is 17.0. The van der Waals surface area contributed by atoms with Crippen LogP contribution in [0.25, 0.3) is 0 Å². The van der Waals surface area contributed by atoms with Gasteiger partial charge < -0.3 is 10.6 Å². The fraction of sp³-hybridized carbons (Fsp3) is 0.429. The minimum atomic E-state index is -4.41. The van der Waals surface area contributed by atoms with Gasteiger partial charge in [0, 0.05) is 13.5 Å². The zero-order valence-corrected chi connectivity index (χ0v) is 11.8. The van der Waals surface area contributed by atoms with Gasteiger partial charge in [-0.3, -0.25) is 9.59 Å². The van der Waals surface area contributed by atoms with Gasteiger partial charge in [-0.2, -0.15) is 13.2 Å². The molecule has 116 valence electrons. The fourth-order valence-corrected chi connectivity index (χ4v) is 1.88. The lowest BCUT2D eigenvalue weighted by Crippen LogP contribution is -2.35. The summed E-state index contributed by atoms with van der Waals surface area (Å²) >= 11 is 0. The van der Waals surface area contributed by atoms with Gasteiger partial charge in [0.2, 0.25) is 11.8 Å². The third kappa shape index (κ3) is 5.09. The number of benzene rings is 1. The Hall–Kier alpha value is -2.05. The first-order chi connectivity index (χ1) is 9.61. The standard InChI is InChI=1S/C14H17F3N2O2/c1-9(6-13(21)19(2)8-12(18)20)10-4-3-5-11(7-10)14(15,16)17/h3-5,7,9H,6,8H2,1-2H3,(H2,18,20)/t9-/m1/s1. The lowest BCUT2D eigenvalue weighted by molar-refractivity contribution is -0.137. The van der Waals surface area contributed by atoms with Crippen LogP contribution in [0.5, 0.6) is 0 Å². The van der Waals surface area contributed by atoms with Gasteiger partial charge in [-0.25, -0.2) is 0 Å². The van der Waals surface area contributed by atoms with Crippen LogP contribution in [0.3, 0.4) is 0 Å². The van der Waals surface area contributed by atoms with Crippen molar-refractivity contribution in [3.8, 4) is 0 Å². The average Bonchev–Trinajstić information content (AvgIpc) is 2.37. The summed E-state index contributed by atoms with van der Waals surface area (Å²) in [5.74, 6) is -1.38. The summed E-state index contributed by atoms with van der Waals surface area (Å²) in [5.41, 5.74) is 4.66. The van der Waals surface area contributed by atoms with E-state index in [2.05, 4.69) is 0 Å². The van der Waals surface area contributed by atoms with Crippen LogP contribution >= 0.6 is 0 Å². The number of amides is 2. The van der Waals surface area contributed by atoms with Crippen molar-refractivity contribution < 1.29 is 22.8 Å². The van der Waals surface area contributed by atoms with E-state index < -0.39 is 23.6 Å². The third-order valence-corrected chi connectivity index (χ3v) is 3.08. The van der Waals surface area contributed by atoms with E-state index in [1.165, 1.54) is 13.1 Å². The maximum Gasteiger partial charge on any atom is 0.416 e. The summed E-state index contributed by atoms with van der Waals surface area (Å²) in [5, 5.41) is 0. The SMILES string of the molecule is C[C@H](CC(=O)N(C)CC(N)=O)c1cccc(C(F)(F)F)c1. The Morgan fingerprint density at radius 3 is 2.48 bits per heavy atom. The maximum atomic E-state index is 12.6. The predicted octanol–water partition coefficient (Wildman–Crippen LogP) is 2.14. The van der Waals surface area contributed by atoms with Gasteiger partial charge in [0.1, 0.15) is 0 Å². The largest absolute Gasteiger partial charge is 0.416 e. The van der Waals surface area contributed by atoms with Crippen molar-refractivity contribution in [1.82, 2.24) is 4.90 Å². The topological polar surface area (TPSA) is 63.4 Å². The smallest absolute Gasteiger partial charge is 0.368 e. The number of carbonyl (C=O) groups excluding carboxylic acids is 2. The van der Waals surface area contributed by atoms with E-state index in [-0.39, 0.29) is 18.9 Å². The van der Waals surface area contributed by atoms with Crippen molar-refractivity contribution in [2.45, 2.75) is 25.4 Å². The Morgan fingerprint density at radius 2 is 1.95 bits per heavy atom. The van der Waals surface area contributed by atoms with Crippen LogP contribution in [0.4, 0.5) is 13.2 Å². The summed E-state index contributed by atoms with van der Waals surface area (Å²) in [6.45, 7) is 1.44. The second kappa shape index (κ2) is 6.60. The van der Waals surface area contributed by atoms with Crippen LogP contribution in [0, 0.1) is 0 Å². The molecular formula is C14H17F3N2O2. The summed E-state index contributed by atoms with van der Waals surface area (Å²) in [4.78, 5) is 23.7. The lowest BCUT2D eigenvalue weighted by Gasteiger charge is -2.19. The predicted molar refractivity (Wildman–Crippen MR) is 71.3 cm³/mol. The highest BCUT2D eigenvalue weighted by Gasteiger charge is 2.30. The average molecular weight is 302 g/mol. The van der Waals surface area contributed by atoms with Crippen molar-refractivity contribution in [3.63, 3.8) is 0 Å². The first-order valence-electron chi connectivity index (χ1n) is 6.30. The molecule has 21 heavy (non-hydrogen) atoms. The highest BCUT2D eigenvalue weighted by molar-refractivity contribution is 5.83. The number of nitrogens with two attached hydrogens (primary N) is 1. The normalized spacial score (nSPS) is 12.8. The van der Waals surface area contributed by atoms with Crippen LogP contribution < -0.4 is 5.73 Å². The summed E-state index contributed by atoms with van der Waals surface area (Å²) in [7, 11) is 1.42. The third-order valence-electron chi connectivity index (χ3n) is 3.08. The molecule has 2 N–H and O–H groups in total. The molecule has 0 aromatic heterocycles. The molecule has 1 aromatic rings. The molecule has 0 unspecified atom stereocenters. The molecule has 1 aromatic carbocycles. The first-order valence-corrected chi connectivity index (χ1v) is 6.30. The highest BCUT2D eigenvalue weighted by atomic mass is 19.4. The summed E-state index contributed by atoms with van der Waals surface area (Å²) in [6, 6.07) is 4.87. The van der Waals surface area contributed by atoms with Crippen molar-refractivity contribution in [1.29, 1.82) is 0 Å². The van der Waals surface area contributed by atoms with E-state index in [0.29, 0.717) is 5.56 Å². The second-order valence-corrected chi connectivity index (χ2v) is 4.94. The van der Waals surface area contributed by atoms with Gasteiger partial charge in [0.15, 0.2) is 0 Å². The molecule has 0 saturated carbocycles. The van der Waals surface area contributed by atoms with E-state index in [1.807, 2.05) is 0 Å². The zero-order chi connectivity index (χ0) is 16.2. The van der Waals surface area contributed by atoms with Gasteiger partial charge in [-0.05, 0) is 17.5 Å². The van der Waals surface area contributed by atoms with Crippen molar-refractivity contribution in [3.05, 3.63) is 35.4 Å². The summed E-state index contributed by atoms with van der Waals surface area (Å²) < 4.78 is 37.9. The summed E-state index contributed by atoms with van der Waals surface area (Å²) in [6.07, 6.45) is -4.41. The number of hydrogen-bond donors (Lipinski definition) is 1. The molecule has 0 aliphatic carbocycles.